The lowest BCUT2D eigenvalue weighted by Crippen LogP contribution is -1.96. The van der Waals surface area contributed by atoms with Crippen molar-refractivity contribution in [1.82, 2.24) is 0 Å². The monoisotopic (exact) mass is 252 g/mol. The minimum Gasteiger partial charge on any atom is -0.294 e. The predicted octanol–water partition coefficient (Wildman–Crippen LogP) is 3.32. The van der Waals surface area contributed by atoms with E-state index in [1.54, 1.807) is 12.2 Å². The number of hydrogen-bond acceptors (Lipinski definition) is 3. The molecule has 0 fully saturated rings. The normalized spacial score (nSPS) is 10.8. The lowest BCUT2D eigenvalue weighted by molar-refractivity contribution is -0.109. The van der Waals surface area contributed by atoms with Crippen molar-refractivity contribution in [3.05, 3.63) is 41.2 Å². The van der Waals surface area contributed by atoms with Gasteiger partial charge in [-0.15, -0.1) is 0 Å². The van der Waals surface area contributed by atoms with Crippen LogP contribution in [0.3, 0.4) is 0 Å². The summed E-state index contributed by atoms with van der Waals surface area (Å²) < 4.78 is 13.0. The zero-order valence-electron chi connectivity index (χ0n) is 9.70. The maximum absolute atomic E-state index is 13.0. The quantitative estimate of drug-likeness (QED) is 0.771. The van der Waals surface area contributed by atoms with E-state index in [1.807, 2.05) is 0 Å². The van der Waals surface area contributed by atoms with Crippen LogP contribution in [0.5, 0.6) is 0 Å². The molecule has 0 amide bonds. The third-order valence-electron chi connectivity index (χ3n) is 2.07. The highest BCUT2D eigenvalue weighted by molar-refractivity contribution is 8.13. The molecular weight excluding hydrogens is 239 g/mol. The van der Waals surface area contributed by atoms with Gasteiger partial charge in [-0.05, 0) is 30.7 Å². The predicted molar refractivity (Wildman–Crippen MR) is 68.6 cm³/mol. The Hall–Kier alpha value is -1.42. The first-order chi connectivity index (χ1) is 8.00. The molecule has 90 valence electrons. The molecule has 4 heteroatoms. The summed E-state index contributed by atoms with van der Waals surface area (Å²) in [4.78, 5) is 22.0. The molecule has 0 saturated heterocycles. The van der Waals surface area contributed by atoms with Gasteiger partial charge >= 0.3 is 0 Å². The Kier molecular flexibility index (Phi) is 5.10. The third-order valence-corrected chi connectivity index (χ3v) is 2.84. The largest absolute Gasteiger partial charge is 0.294 e. The van der Waals surface area contributed by atoms with E-state index in [-0.39, 0.29) is 16.7 Å². The van der Waals surface area contributed by atoms with Gasteiger partial charge in [0, 0.05) is 18.2 Å². The molecule has 0 aliphatic heterocycles. The summed E-state index contributed by atoms with van der Waals surface area (Å²) in [5.74, 6) is 0.0289. The van der Waals surface area contributed by atoms with Gasteiger partial charge in [0.25, 0.3) is 0 Å². The van der Waals surface area contributed by atoms with Gasteiger partial charge in [-0.3, -0.25) is 9.59 Å². The molecule has 0 unspecified atom stereocenters. The summed E-state index contributed by atoms with van der Waals surface area (Å²) in [5.41, 5.74) is 1.03. The first-order valence-electron chi connectivity index (χ1n) is 5.11. The Bertz CT molecular complexity index is 466. The highest BCUT2D eigenvalue weighted by Crippen LogP contribution is 2.14. The van der Waals surface area contributed by atoms with Gasteiger partial charge < -0.3 is 0 Å². The van der Waals surface area contributed by atoms with E-state index in [1.165, 1.54) is 32.0 Å². The van der Waals surface area contributed by atoms with Gasteiger partial charge in [0.15, 0.2) is 10.9 Å². The van der Waals surface area contributed by atoms with Crippen molar-refractivity contribution in [2.75, 3.05) is 5.75 Å². The van der Waals surface area contributed by atoms with Crippen LogP contribution < -0.4 is 0 Å². The number of ketones is 1. The topological polar surface area (TPSA) is 34.1 Å². The molecule has 0 atom stereocenters. The number of carbonyl (C=O) groups excluding carboxylic acids is 2. The van der Waals surface area contributed by atoms with Crippen molar-refractivity contribution in [3.8, 4) is 0 Å². The molecule has 0 saturated carbocycles. The number of carbonyl (C=O) groups is 2. The van der Waals surface area contributed by atoms with E-state index in [4.69, 9.17) is 0 Å². The molecule has 0 aliphatic carbocycles. The van der Waals surface area contributed by atoms with Crippen LogP contribution in [0.1, 0.15) is 29.8 Å². The Labute approximate surface area is 104 Å². The molecule has 0 radical (unpaired) electrons. The second-order valence-electron chi connectivity index (χ2n) is 3.49. The fraction of sp³-hybridized carbons (Fsp3) is 0.231. The number of benzene rings is 1. The summed E-state index contributed by atoms with van der Waals surface area (Å²) in [5, 5.41) is 0.0284. The van der Waals surface area contributed by atoms with Gasteiger partial charge in [0.05, 0.1) is 0 Å². The molecule has 0 heterocycles. The minimum absolute atomic E-state index is 0.0284. The molecule has 0 bridgehead atoms. The van der Waals surface area contributed by atoms with Gasteiger partial charge in [0.2, 0.25) is 0 Å². The number of rotatable bonds is 4. The molecule has 1 aromatic carbocycles. The van der Waals surface area contributed by atoms with Crippen molar-refractivity contribution in [2.24, 2.45) is 0 Å². The van der Waals surface area contributed by atoms with Gasteiger partial charge in [-0.2, -0.15) is 0 Å². The first kappa shape index (κ1) is 13.6. The second-order valence-corrected chi connectivity index (χ2v) is 4.69. The van der Waals surface area contributed by atoms with Crippen molar-refractivity contribution in [3.63, 3.8) is 0 Å². The second kappa shape index (κ2) is 6.35. The standard InChI is InChI=1S/C13H13FO2S/c1-9(15)13-6-5-12(14)8-11(13)4-3-7-17-10(2)16/h3-6,8H,7H2,1-2H3. The SMILES string of the molecule is CC(=O)SCC=Cc1cc(F)ccc1C(C)=O. The summed E-state index contributed by atoms with van der Waals surface area (Å²) in [7, 11) is 0. The molecule has 1 aromatic rings. The Balaban J connectivity index is 2.85. The smallest absolute Gasteiger partial charge is 0.186 e. The average Bonchev–Trinajstić information content (AvgIpc) is 2.23. The average molecular weight is 252 g/mol. The summed E-state index contributed by atoms with van der Waals surface area (Å²) >= 11 is 1.16. The highest BCUT2D eigenvalue weighted by Gasteiger charge is 2.05. The zero-order chi connectivity index (χ0) is 12.8. The van der Waals surface area contributed by atoms with E-state index >= 15 is 0 Å². The number of halogens is 1. The van der Waals surface area contributed by atoms with Crippen LogP contribution in [-0.4, -0.2) is 16.7 Å². The van der Waals surface area contributed by atoms with Crippen LogP contribution in [0, 0.1) is 5.82 Å². The third kappa shape index (κ3) is 4.53. The maximum atomic E-state index is 13.0. The van der Waals surface area contributed by atoms with Crippen LogP contribution in [-0.2, 0) is 4.79 Å². The van der Waals surface area contributed by atoms with Crippen LogP contribution in [0.15, 0.2) is 24.3 Å². The first-order valence-corrected chi connectivity index (χ1v) is 6.09. The molecule has 0 N–H and O–H groups in total. The Morgan fingerprint density at radius 2 is 2.06 bits per heavy atom. The lowest BCUT2D eigenvalue weighted by atomic mass is 10.0. The van der Waals surface area contributed by atoms with Crippen LogP contribution in [0.2, 0.25) is 0 Å². The molecule has 0 aromatic heterocycles. The Morgan fingerprint density at radius 1 is 1.35 bits per heavy atom. The molecular formula is C13H13FO2S. The van der Waals surface area contributed by atoms with Crippen molar-refractivity contribution < 1.29 is 14.0 Å². The van der Waals surface area contributed by atoms with E-state index in [0.717, 1.165) is 11.8 Å². The molecule has 17 heavy (non-hydrogen) atoms. The molecule has 0 aliphatic rings. The van der Waals surface area contributed by atoms with Crippen molar-refractivity contribution in [2.45, 2.75) is 13.8 Å². The van der Waals surface area contributed by atoms with E-state index in [0.29, 0.717) is 16.9 Å². The fourth-order valence-corrected chi connectivity index (χ4v) is 1.76. The molecule has 1 rings (SSSR count). The van der Waals surface area contributed by atoms with Crippen LogP contribution >= 0.6 is 11.8 Å². The van der Waals surface area contributed by atoms with Crippen LogP contribution in [0.4, 0.5) is 4.39 Å². The van der Waals surface area contributed by atoms with Gasteiger partial charge in [-0.25, -0.2) is 4.39 Å². The Morgan fingerprint density at radius 3 is 2.65 bits per heavy atom. The number of thioether (sulfide) groups is 1. The maximum Gasteiger partial charge on any atom is 0.186 e. The molecule has 2 nitrogen and oxygen atoms in total. The number of hydrogen-bond donors (Lipinski definition) is 0. The van der Waals surface area contributed by atoms with E-state index in [9.17, 15) is 14.0 Å². The summed E-state index contributed by atoms with van der Waals surface area (Å²) in [6.07, 6.45) is 3.41. The van der Waals surface area contributed by atoms with Crippen molar-refractivity contribution in [1.29, 1.82) is 0 Å². The summed E-state index contributed by atoms with van der Waals surface area (Å²) in [6.45, 7) is 2.93. The molecule has 0 spiro atoms. The minimum atomic E-state index is -0.381. The zero-order valence-corrected chi connectivity index (χ0v) is 10.5. The van der Waals surface area contributed by atoms with E-state index < -0.39 is 0 Å². The highest BCUT2D eigenvalue weighted by atomic mass is 32.2. The van der Waals surface area contributed by atoms with E-state index in [2.05, 4.69) is 0 Å². The number of Topliss-reactive ketones (excluding diaryl/α,β-unsaturated/α-hetero) is 1. The van der Waals surface area contributed by atoms with Gasteiger partial charge in [-0.1, -0.05) is 23.9 Å². The van der Waals surface area contributed by atoms with Gasteiger partial charge in [0.1, 0.15) is 5.82 Å². The van der Waals surface area contributed by atoms with Crippen molar-refractivity contribution >= 4 is 28.7 Å². The summed E-state index contributed by atoms with van der Waals surface area (Å²) in [6, 6.07) is 4.04. The fourth-order valence-electron chi connectivity index (χ4n) is 1.33. The van der Waals surface area contributed by atoms with Crippen LogP contribution in [0.25, 0.3) is 6.08 Å². The lowest BCUT2D eigenvalue weighted by Gasteiger charge is -2.02.